The lowest BCUT2D eigenvalue weighted by molar-refractivity contribution is -0.137. The smallest absolute Gasteiger partial charge is 0.420 e. The molecule has 4 heterocycles. The lowest BCUT2D eigenvalue weighted by Crippen LogP contribution is -2.52. The molecule has 0 N–H and O–H groups in total. The molecule has 0 atom stereocenters. The number of hydrogen-bond donors (Lipinski definition) is 0. The number of nitrogens with zero attached hydrogens (tertiary/aromatic N) is 3. The molecule has 3 aliphatic rings. The Morgan fingerprint density at radius 1 is 1.19 bits per heavy atom. The molecule has 9 heteroatoms. The van der Waals surface area contributed by atoms with Crippen LogP contribution in [-0.4, -0.2) is 58.2 Å². The third kappa shape index (κ3) is 3.41. The largest absolute Gasteiger partial charge is 0.616 e. The Morgan fingerprint density at radius 3 is 2.50 bits per heavy atom. The minimum Gasteiger partial charge on any atom is -0.616 e. The van der Waals surface area contributed by atoms with E-state index in [-0.39, 0.29) is 11.2 Å². The molecule has 0 aromatic carbocycles. The Balaban J connectivity index is 1.40. The second kappa shape index (κ2) is 6.53. The summed E-state index contributed by atoms with van der Waals surface area (Å²) >= 11 is -0.665. The summed E-state index contributed by atoms with van der Waals surface area (Å²) in [6, 6.07) is 0.865. The zero-order chi connectivity index (χ0) is 18.5. The molecule has 4 nitrogen and oxygen atoms in total. The van der Waals surface area contributed by atoms with Crippen LogP contribution in [0, 0.1) is 11.2 Å². The first kappa shape index (κ1) is 18.3. The van der Waals surface area contributed by atoms with Crippen LogP contribution < -0.4 is 4.90 Å². The number of likely N-dealkylation sites (tertiary alicyclic amines) is 1. The van der Waals surface area contributed by atoms with E-state index in [9.17, 15) is 22.1 Å². The summed E-state index contributed by atoms with van der Waals surface area (Å²) in [6.07, 6.45) is -1.19. The zero-order valence-corrected chi connectivity index (χ0v) is 15.1. The van der Waals surface area contributed by atoms with Gasteiger partial charge in [-0.05, 0) is 31.9 Å². The number of rotatable bonds is 2. The fourth-order valence-electron chi connectivity index (χ4n) is 4.49. The van der Waals surface area contributed by atoms with Gasteiger partial charge in [-0.15, -0.1) is 0 Å². The highest BCUT2D eigenvalue weighted by Crippen LogP contribution is 2.43. The van der Waals surface area contributed by atoms with Crippen LogP contribution in [0.3, 0.4) is 0 Å². The minimum atomic E-state index is -4.62. The second-order valence-electron chi connectivity index (χ2n) is 7.69. The molecule has 0 unspecified atom stereocenters. The molecule has 1 aromatic rings. The van der Waals surface area contributed by atoms with E-state index in [2.05, 4.69) is 9.88 Å². The molecule has 1 spiro atoms. The summed E-state index contributed by atoms with van der Waals surface area (Å²) in [4.78, 5) is 7.76. The van der Waals surface area contributed by atoms with Crippen LogP contribution in [0.4, 0.5) is 23.4 Å². The highest BCUT2D eigenvalue weighted by atomic mass is 32.2. The van der Waals surface area contributed by atoms with E-state index >= 15 is 0 Å². The highest BCUT2D eigenvalue weighted by Gasteiger charge is 2.53. The van der Waals surface area contributed by atoms with Gasteiger partial charge in [-0.2, -0.15) is 13.2 Å². The average molecular weight is 391 g/mol. The molecule has 0 radical (unpaired) electrons. The van der Waals surface area contributed by atoms with E-state index in [1.54, 1.807) is 4.90 Å². The third-order valence-corrected chi connectivity index (χ3v) is 7.69. The van der Waals surface area contributed by atoms with Crippen LogP contribution in [0.15, 0.2) is 12.3 Å². The Hall–Kier alpha value is -1.06. The lowest BCUT2D eigenvalue weighted by Gasteiger charge is -2.41. The van der Waals surface area contributed by atoms with E-state index in [4.69, 9.17) is 0 Å². The number of halogens is 4. The van der Waals surface area contributed by atoms with Crippen molar-refractivity contribution in [3.05, 3.63) is 23.6 Å². The van der Waals surface area contributed by atoms with Crippen molar-refractivity contribution >= 4 is 17.0 Å². The standard InChI is InChI=1S/C17H21F4N3OS/c18-12-7-14(17(19,20)21)15(22-8-12)23-4-1-13(2-5-23)24-6-3-16(9-24)10-26(25)11-16/h7-8,13H,1-6,9-11H2. The van der Waals surface area contributed by atoms with Crippen LogP contribution in [0.5, 0.6) is 0 Å². The van der Waals surface area contributed by atoms with Crippen LogP contribution in [0.25, 0.3) is 0 Å². The van der Waals surface area contributed by atoms with Crippen LogP contribution in [-0.2, 0) is 17.4 Å². The number of alkyl halides is 3. The van der Waals surface area contributed by atoms with Gasteiger partial charge in [0, 0.05) is 25.7 Å². The van der Waals surface area contributed by atoms with Gasteiger partial charge < -0.3 is 9.45 Å². The van der Waals surface area contributed by atoms with E-state index in [1.807, 2.05) is 0 Å². The van der Waals surface area contributed by atoms with Crippen molar-refractivity contribution in [3.8, 4) is 0 Å². The first-order valence-electron chi connectivity index (χ1n) is 8.83. The maximum atomic E-state index is 13.2. The van der Waals surface area contributed by atoms with E-state index in [1.165, 1.54) is 0 Å². The summed E-state index contributed by atoms with van der Waals surface area (Å²) in [5.41, 5.74) is -0.794. The Bertz CT molecular complexity index is 672. The molecule has 0 bridgehead atoms. The van der Waals surface area contributed by atoms with E-state index in [0.717, 1.165) is 50.1 Å². The summed E-state index contributed by atoms with van der Waals surface area (Å²) in [7, 11) is 0. The van der Waals surface area contributed by atoms with Gasteiger partial charge in [-0.25, -0.2) is 9.37 Å². The highest BCUT2D eigenvalue weighted by molar-refractivity contribution is 7.92. The molecule has 3 fully saturated rings. The molecule has 4 rings (SSSR count). The molecule has 0 aliphatic carbocycles. The average Bonchev–Trinajstić information content (AvgIpc) is 2.99. The summed E-state index contributed by atoms with van der Waals surface area (Å²) in [5, 5.41) is 0. The van der Waals surface area contributed by atoms with Crippen LogP contribution in [0.2, 0.25) is 0 Å². The monoisotopic (exact) mass is 391 g/mol. The fraction of sp³-hybridized carbons (Fsp3) is 0.706. The zero-order valence-electron chi connectivity index (χ0n) is 14.3. The molecule has 1 aromatic heterocycles. The molecular formula is C17H21F4N3OS. The predicted molar refractivity (Wildman–Crippen MR) is 90.9 cm³/mol. The third-order valence-electron chi connectivity index (χ3n) is 5.82. The first-order valence-corrected chi connectivity index (χ1v) is 10.3. The van der Waals surface area contributed by atoms with Crippen molar-refractivity contribution in [2.24, 2.45) is 5.41 Å². The molecule has 3 saturated heterocycles. The summed E-state index contributed by atoms with van der Waals surface area (Å²) in [5.74, 6) is 0.425. The van der Waals surface area contributed by atoms with Gasteiger partial charge in [0.1, 0.15) is 28.7 Å². The van der Waals surface area contributed by atoms with E-state index < -0.39 is 28.7 Å². The topological polar surface area (TPSA) is 42.4 Å². The minimum absolute atomic E-state index is 0.176. The van der Waals surface area contributed by atoms with Gasteiger partial charge in [0.05, 0.1) is 11.6 Å². The molecule has 0 amide bonds. The fourth-order valence-corrected chi connectivity index (χ4v) is 6.25. The molecule has 144 valence electrons. The predicted octanol–water partition coefficient (Wildman–Crippen LogP) is 2.66. The Morgan fingerprint density at radius 2 is 1.88 bits per heavy atom. The lowest BCUT2D eigenvalue weighted by atomic mass is 9.91. The van der Waals surface area contributed by atoms with Crippen molar-refractivity contribution in [3.63, 3.8) is 0 Å². The van der Waals surface area contributed by atoms with Crippen LogP contribution in [0.1, 0.15) is 24.8 Å². The Labute approximate surface area is 152 Å². The number of hydrogen-bond acceptors (Lipinski definition) is 4. The van der Waals surface area contributed by atoms with Gasteiger partial charge in [-0.1, -0.05) is 11.2 Å². The van der Waals surface area contributed by atoms with Gasteiger partial charge in [0.25, 0.3) is 0 Å². The summed E-state index contributed by atoms with van der Waals surface area (Å²) in [6.45, 7) is 2.88. The van der Waals surface area contributed by atoms with Gasteiger partial charge in [0.2, 0.25) is 0 Å². The molecule has 26 heavy (non-hydrogen) atoms. The first-order chi connectivity index (χ1) is 12.3. The van der Waals surface area contributed by atoms with E-state index in [0.29, 0.717) is 25.2 Å². The SMILES string of the molecule is [O-][S+]1CC2(CCN(C3CCN(c4ncc(F)cc4C(F)(F)F)CC3)C2)C1. The van der Waals surface area contributed by atoms with Crippen molar-refractivity contribution in [2.45, 2.75) is 31.5 Å². The van der Waals surface area contributed by atoms with Crippen molar-refractivity contribution < 1.29 is 22.1 Å². The Kier molecular flexibility index (Phi) is 4.60. The quantitative estimate of drug-likeness (QED) is 0.574. The molecule has 3 aliphatic heterocycles. The number of piperidine rings is 1. The second-order valence-corrected chi connectivity index (χ2v) is 9.15. The number of aromatic nitrogens is 1. The van der Waals surface area contributed by atoms with Gasteiger partial charge in [0.15, 0.2) is 0 Å². The number of pyridine rings is 1. The van der Waals surface area contributed by atoms with Crippen molar-refractivity contribution in [1.82, 2.24) is 9.88 Å². The molecule has 0 saturated carbocycles. The van der Waals surface area contributed by atoms with Gasteiger partial charge in [-0.3, -0.25) is 4.90 Å². The van der Waals surface area contributed by atoms with Crippen molar-refractivity contribution in [1.29, 1.82) is 0 Å². The number of anilines is 1. The molecular weight excluding hydrogens is 370 g/mol. The van der Waals surface area contributed by atoms with Gasteiger partial charge >= 0.3 is 6.18 Å². The normalized spacial score (nSPS) is 30.8. The maximum Gasteiger partial charge on any atom is 0.420 e. The van der Waals surface area contributed by atoms with Crippen LogP contribution >= 0.6 is 0 Å². The summed E-state index contributed by atoms with van der Waals surface area (Å²) < 4.78 is 64.3. The maximum absolute atomic E-state index is 13.2. The van der Waals surface area contributed by atoms with Crippen molar-refractivity contribution in [2.75, 3.05) is 42.6 Å².